The number of thiazole rings is 1. The Hall–Kier alpha value is -0.780. The normalized spacial score (nSPS) is 13.3. The van der Waals surface area contributed by atoms with Gasteiger partial charge >= 0.3 is 6.18 Å². The van der Waals surface area contributed by atoms with Gasteiger partial charge in [0.15, 0.2) is 11.7 Å². The Bertz CT molecular complexity index is 752. The van der Waals surface area contributed by atoms with Crippen molar-refractivity contribution in [3.8, 4) is 0 Å². The van der Waals surface area contributed by atoms with Gasteiger partial charge < -0.3 is 11.1 Å². The number of alkyl halides is 3. The molecular formula is C14H14Cl2F3IN4S. The lowest BCUT2D eigenvalue weighted by Crippen LogP contribution is -2.34. The van der Waals surface area contributed by atoms with E-state index >= 15 is 0 Å². The van der Waals surface area contributed by atoms with Gasteiger partial charge in [-0.15, -0.1) is 35.3 Å². The third-order valence-electron chi connectivity index (χ3n) is 3.02. The predicted molar refractivity (Wildman–Crippen MR) is 106 cm³/mol. The minimum Gasteiger partial charge on any atom is -0.370 e. The lowest BCUT2D eigenvalue weighted by Gasteiger charge is -2.16. The van der Waals surface area contributed by atoms with Gasteiger partial charge in [-0.05, 0) is 24.6 Å². The van der Waals surface area contributed by atoms with Crippen molar-refractivity contribution in [1.29, 1.82) is 0 Å². The van der Waals surface area contributed by atoms with Crippen LogP contribution in [0.2, 0.25) is 10.0 Å². The molecule has 2 aromatic rings. The zero-order valence-electron chi connectivity index (χ0n) is 12.8. The first-order valence-electron chi connectivity index (χ1n) is 6.70. The highest BCUT2D eigenvalue weighted by atomic mass is 127. The summed E-state index contributed by atoms with van der Waals surface area (Å²) < 4.78 is 37.4. The summed E-state index contributed by atoms with van der Waals surface area (Å²) in [6.07, 6.45) is -4.46. The molecule has 4 nitrogen and oxygen atoms in total. The predicted octanol–water partition coefficient (Wildman–Crippen LogP) is 5.25. The van der Waals surface area contributed by atoms with Crippen LogP contribution in [0.5, 0.6) is 0 Å². The summed E-state index contributed by atoms with van der Waals surface area (Å²) in [5, 5.41) is 5.09. The number of aliphatic imine (C=N–C) groups is 1. The second-order valence-corrected chi connectivity index (χ2v) is 6.64. The molecule has 11 heteroatoms. The molecule has 1 atom stereocenters. The number of halogens is 6. The molecule has 0 saturated heterocycles. The van der Waals surface area contributed by atoms with E-state index in [4.69, 9.17) is 28.9 Å². The molecule has 25 heavy (non-hydrogen) atoms. The van der Waals surface area contributed by atoms with E-state index in [9.17, 15) is 13.2 Å². The van der Waals surface area contributed by atoms with Crippen molar-refractivity contribution in [1.82, 2.24) is 10.3 Å². The summed E-state index contributed by atoms with van der Waals surface area (Å²) in [6, 6.07) is 4.81. The molecule has 0 aliphatic heterocycles. The van der Waals surface area contributed by atoms with Crippen molar-refractivity contribution in [2.45, 2.75) is 25.7 Å². The van der Waals surface area contributed by atoms with Crippen molar-refractivity contribution in [3.05, 3.63) is 49.9 Å². The van der Waals surface area contributed by atoms with Crippen molar-refractivity contribution < 1.29 is 13.2 Å². The first-order chi connectivity index (χ1) is 11.2. The van der Waals surface area contributed by atoms with Crippen LogP contribution < -0.4 is 11.1 Å². The van der Waals surface area contributed by atoms with E-state index in [-0.39, 0.29) is 47.5 Å². The molecule has 1 unspecified atom stereocenters. The molecule has 0 amide bonds. The summed E-state index contributed by atoms with van der Waals surface area (Å²) >= 11 is 12.8. The maximum atomic E-state index is 12.5. The third-order valence-corrected chi connectivity index (χ3v) is 4.42. The monoisotopic (exact) mass is 524 g/mol. The van der Waals surface area contributed by atoms with Gasteiger partial charge in [0.2, 0.25) is 0 Å². The van der Waals surface area contributed by atoms with Crippen LogP contribution in [0, 0.1) is 0 Å². The molecule has 0 spiro atoms. The van der Waals surface area contributed by atoms with Gasteiger partial charge in [-0.3, -0.25) is 0 Å². The summed E-state index contributed by atoms with van der Waals surface area (Å²) in [5.41, 5.74) is 5.60. The molecule has 3 N–H and O–H groups in total. The molecule has 1 aromatic heterocycles. The molecule has 0 aliphatic rings. The number of hydrogen-bond donors (Lipinski definition) is 2. The number of nitrogens with two attached hydrogens (primary N) is 1. The van der Waals surface area contributed by atoms with Crippen molar-refractivity contribution >= 4 is 64.5 Å². The van der Waals surface area contributed by atoms with Crippen molar-refractivity contribution in [2.75, 3.05) is 0 Å². The average molecular weight is 525 g/mol. The average Bonchev–Trinajstić information content (AvgIpc) is 2.93. The maximum absolute atomic E-state index is 12.5. The van der Waals surface area contributed by atoms with Gasteiger partial charge in [0.05, 0.1) is 12.6 Å². The Balaban J connectivity index is 0.00000312. The van der Waals surface area contributed by atoms with Gasteiger partial charge in [-0.25, -0.2) is 9.98 Å². The van der Waals surface area contributed by atoms with E-state index in [1.807, 2.05) is 6.92 Å². The minimum atomic E-state index is -4.46. The van der Waals surface area contributed by atoms with Crippen LogP contribution in [-0.4, -0.2) is 10.9 Å². The number of nitrogens with one attached hydrogen (secondary N) is 1. The number of hydrogen-bond acceptors (Lipinski definition) is 3. The lowest BCUT2D eigenvalue weighted by molar-refractivity contribution is -0.140. The molecule has 0 bridgehead atoms. The minimum absolute atomic E-state index is 0. The fourth-order valence-electron chi connectivity index (χ4n) is 1.86. The van der Waals surface area contributed by atoms with Crippen LogP contribution in [0.15, 0.2) is 28.6 Å². The molecule has 138 valence electrons. The van der Waals surface area contributed by atoms with Crippen molar-refractivity contribution in [2.24, 2.45) is 10.7 Å². The second kappa shape index (κ2) is 9.24. The number of aromatic nitrogens is 1. The summed E-state index contributed by atoms with van der Waals surface area (Å²) in [4.78, 5) is 7.48. The molecule has 1 heterocycles. The standard InChI is InChI=1S/C14H13Cl2F3N4S.HI/c1-7(9-3-2-8(15)4-10(9)16)22-13(20)21-5-12-23-11(6-24-12)14(17,18)19;/h2-4,6-7H,5H2,1H3,(H3,20,21,22);1H. The number of rotatable bonds is 4. The van der Waals surface area contributed by atoms with Crippen LogP contribution >= 0.6 is 58.5 Å². The van der Waals surface area contributed by atoms with Gasteiger partial charge in [0, 0.05) is 15.4 Å². The smallest absolute Gasteiger partial charge is 0.370 e. The SMILES string of the molecule is CC(NC(N)=NCc1nc(C(F)(F)F)cs1)c1ccc(Cl)cc1Cl.I. The fraction of sp³-hybridized carbons (Fsp3) is 0.286. The summed E-state index contributed by atoms with van der Waals surface area (Å²) in [5.74, 6) is 0.0808. The van der Waals surface area contributed by atoms with Crippen LogP contribution in [0.25, 0.3) is 0 Å². The number of benzene rings is 1. The Morgan fingerprint density at radius 1 is 1.40 bits per heavy atom. The molecule has 0 radical (unpaired) electrons. The molecule has 0 fully saturated rings. The van der Waals surface area contributed by atoms with Gasteiger partial charge in [-0.2, -0.15) is 13.2 Å². The topological polar surface area (TPSA) is 63.3 Å². The molecule has 2 rings (SSSR count). The first kappa shape index (κ1) is 22.3. The van der Waals surface area contributed by atoms with E-state index in [2.05, 4.69) is 15.3 Å². The molecule has 0 saturated carbocycles. The zero-order valence-corrected chi connectivity index (χ0v) is 17.4. The van der Waals surface area contributed by atoms with Gasteiger partial charge in [-0.1, -0.05) is 29.3 Å². The second-order valence-electron chi connectivity index (χ2n) is 4.86. The maximum Gasteiger partial charge on any atom is 0.434 e. The first-order valence-corrected chi connectivity index (χ1v) is 8.33. The van der Waals surface area contributed by atoms with E-state index in [1.54, 1.807) is 18.2 Å². The quantitative estimate of drug-likeness (QED) is 0.326. The summed E-state index contributed by atoms with van der Waals surface area (Å²) in [7, 11) is 0. The lowest BCUT2D eigenvalue weighted by atomic mass is 10.1. The van der Waals surface area contributed by atoms with E-state index in [1.165, 1.54) is 0 Å². The molecular weight excluding hydrogens is 511 g/mol. The summed E-state index contributed by atoms with van der Waals surface area (Å²) in [6.45, 7) is 1.78. The highest BCUT2D eigenvalue weighted by Crippen LogP contribution is 2.30. The fourth-order valence-corrected chi connectivity index (χ4v) is 3.16. The Kier molecular flexibility index (Phi) is 8.23. The Morgan fingerprint density at radius 2 is 2.08 bits per heavy atom. The molecule has 0 aliphatic carbocycles. The van der Waals surface area contributed by atoms with Crippen molar-refractivity contribution in [3.63, 3.8) is 0 Å². The van der Waals surface area contributed by atoms with Crippen LogP contribution in [-0.2, 0) is 12.7 Å². The molecule has 1 aromatic carbocycles. The number of nitrogens with zero attached hydrogens (tertiary/aromatic N) is 2. The Morgan fingerprint density at radius 3 is 2.64 bits per heavy atom. The van der Waals surface area contributed by atoms with Gasteiger partial charge in [0.1, 0.15) is 5.01 Å². The highest BCUT2D eigenvalue weighted by molar-refractivity contribution is 14.0. The van der Waals surface area contributed by atoms with Crippen LogP contribution in [0.3, 0.4) is 0 Å². The van der Waals surface area contributed by atoms with Crippen LogP contribution in [0.4, 0.5) is 13.2 Å². The van der Waals surface area contributed by atoms with E-state index in [0.717, 1.165) is 22.3 Å². The van der Waals surface area contributed by atoms with E-state index in [0.29, 0.717) is 10.0 Å². The number of guanidine groups is 1. The largest absolute Gasteiger partial charge is 0.434 e. The van der Waals surface area contributed by atoms with Crippen LogP contribution in [0.1, 0.15) is 29.2 Å². The highest BCUT2D eigenvalue weighted by Gasteiger charge is 2.33. The van der Waals surface area contributed by atoms with Gasteiger partial charge in [0.25, 0.3) is 0 Å². The Labute approximate surface area is 173 Å². The third kappa shape index (κ3) is 6.46. The van der Waals surface area contributed by atoms with E-state index < -0.39 is 11.9 Å². The zero-order chi connectivity index (χ0) is 17.9.